The molecular formula is C34H42N8O3. The van der Waals surface area contributed by atoms with Crippen LogP contribution in [-0.2, 0) is 9.53 Å². The van der Waals surface area contributed by atoms with E-state index in [0.29, 0.717) is 40.7 Å². The smallest absolute Gasteiger partial charge is 0.247 e. The SMILES string of the molecule is C=CC(=O)Nc1cc(N2CCC(N(C)C3CCOCC3)CC2)ccc1Nc1ncc(C#N)c(Nc2ccccc2OC(C)C)n1. The summed E-state index contributed by atoms with van der Waals surface area (Å²) < 4.78 is 11.5. The number of carbonyl (C=O) groups is 1. The summed E-state index contributed by atoms with van der Waals surface area (Å²) in [7, 11) is 2.25. The first-order valence-corrected chi connectivity index (χ1v) is 15.5. The van der Waals surface area contributed by atoms with E-state index in [1.165, 1.54) is 12.3 Å². The minimum atomic E-state index is -0.322. The summed E-state index contributed by atoms with van der Waals surface area (Å²) in [5.74, 6) is 0.917. The molecule has 11 nitrogen and oxygen atoms in total. The molecule has 5 rings (SSSR count). The van der Waals surface area contributed by atoms with Gasteiger partial charge in [0.05, 0.1) is 29.4 Å². The van der Waals surface area contributed by atoms with Crippen molar-refractivity contribution >= 4 is 40.4 Å². The van der Waals surface area contributed by atoms with Crippen molar-refractivity contribution in [1.29, 1.82) is 5.26 Å². The first-order chi connectivity index (χ1) is 21.8. The van der Waals surface area contributed by atoms with Crippen LogP contribution in [0, 0.1) is 11.3 Å². The third-order valence-corrected chi connectivity index (χ3v) is 8.28. The van der Waals surface area contributed by atoms with Crippen LogP contribution in [0.1, 0.15) is 45.1 Å². The number of amides is 1. The molecule has 1 aromatic heterocycles. The molecular weight excluding hydrogens is 568 g/mol. The van der Waals surface area contributed by atoms with Gasteiger partial charge in [-0.05, 0) is 83.0 Å². The Labute approximate surface area is 265 Å². The van der Waals surface area contributed by atoms with E-state index in [1.807, 2.05) is 56.3 Å². The molecule has 2 saturated heterocycles. The Balaban J connectivity index is 1.33. The Morgan fingerprint density at radius 2 is 1.82 bits per heavy atom. The van der Waals surface area contributed by atoms with E-state index in [1.54, 1.807) is 0 Å². The van der Waals surface area contributed by atoms with E-state index in [4.69, 9.17) is 9.47 Å². The number of carbonyl (C=O) groups excluding carboxylic acids is 1. The lowest BCUT2D eigenvalue weighted by Crippen LogP contribution is -2.48. The van der Waals surface area contributed by atoms with Crippen molar-refractivity contribution in [1.82, 2.24) is 14.9 Å². The first-order valence-electron chi connectivity index (χ1n) is 15.5. The van der Waals surface area contributed by atoms with Crippen LogP contribution in [0.4, 0.5) is 34.5 Å². The predicted molar refractivity (Wildman–Crippen MR) is 178 cm³/mol. The molecule has 2 aliphatic heterocycles. The number of benzene rings is 2. The first kappa shape index (κ1) is 31.8. The van der Waals surface area contributed by atoms with Crippen LogP contribution in [0.3, 0.4) is 0 Å². The minimum Gasteiger partial charge on any atom is -0.489 e. The van der Waals surface area contributed by atoms with Gasteiger partial charge in [0.25, 0.3) is 0 Å². The number of anilines is 6. The highest BCUT2D eigenvalue weighted by atomic mass is 16.5. The standard InChI is InChI=1S/C34H42N8O3/c1-5-32(43)37-30-20-27(42-16-12-25(13-17-42)41(4)26-14-18-44-19-15-26)10-11-28(30)39-34-36-22-24(21-35)33(40-34)38-29-8-6-7-9-31(29)45-23(2)3/h5-11,20,22-23,25-26H,1,12-19H2,2-4H3,(H,37,43)(H2,36,38,39,40). The van der Waals surface area contributed by atoms with E-state index >= 15 is 0 Å². The second-order valence-corrected chi connectivity index (χ2v) is 11.6. The third kappa shape index (κ3) is 8.09. The van der Waals surface area contributed by atoms with E-state index < -0.39 is 0 Å². The van der Waals surface area contributed by atoms with Gasteiger partial charge < -0.3 is 35.2 Å². The Morgan fingerprint density at radius 1 is 1.09 bits per heavy atom. The van der Waals surface area contributed by atoms with Gasteiger partial charge in [-0.25, -0.2) is 4.98 Å². The van der Waals surface area contributed by atoms with Gasteiger partial charge in [0, 0.05) is 44.1 Å². The Morgan fingerprint density at radius 3 is 2.53 bits per heavy atom. The molecule has 3 N–H and O–H groups in total. The van der Waals surface area contributed by atoms with Gasteiger partial charge in [-0.2, -0.15) is 10.2 Å². The minimum absolute atomic E-state index is 0.0250. The van der Waals surface area contributed by atoms with Crippen LogP contribution in [0.2, 0.25) is 0 Å². The maximum Gasteiger partial charge on any atom is 0.247 e. The molecule has 45 heavy (non-hydrogen) atoms. The lowest BCUT2D eigenvalue weighted by Gasteiger charge is -2.42. The van der Waals surface area contributed by atoms with Crippen molar-refractivity contribution in [3.05, 3.63) is 66.9 Å². The number of hydrogen-bond donors (Lipinski definition) is 3. The molecule has 0 bridgehead atoms. The summed E-state index contributed by atoms with van der Waals surface area (Å²) in [6.45, 7) is 11.1. The summed E-state index contributed by atoms with van der Waals surface area (Å²) in [6.07, 6.45) is 7.01. The molecule has 0 spiro atoms. The number of nitrogens with zero attached hydrogens (tertiary/aromatic N) is 5. The zero-order valence-electron chi connectivity index (χ0n) is 26.3. The van der Waals surface area contributed by atoms with Crippen molar-refractivity contribution in [2.75, 3.05) is 54.2 Å². The Bertz CT molecular complexity index is 1520. The van der Waals surface area contributed by atoms with E-state index in [-0.39, 0.29) is 23.5 Å². The lowest BCUT2D eigenvalue weighted by atomic mass is 9.98. The zero-order valence-corrected chi connectivity index (χ0v) is 26.3. The number of aromatic nitrogens is 2. The highest BCUT2D eigenvalue weighted by molar-refractivity contribution is 6.02. The van der Waals surface area contributed by atoms with Gasteiger partial charge in [0.15, 0.2) is 5.82 Å². The number of rotatable bonds is 11. The quantitative estimate of drug-likeness (QED) is 0.228. The van der Waals surface area contributed by atoms with Crippen LogP contribution < -0.4 is 25.6 Å². The topological polar surface area (TPSA) is 128 Å². The molecule has 0 aliphatic carbocycles. The second kappa shape index (κ2) is 14.9. The molecule has 3 aromatic rings. The molecule has 236 valence electrons. The molecule has 2 fully saturated rings. The number of ether oxygens (including phenoxy) is 2. The van der Waals surface area contributed by atoms with Crippen LogP contribution in [0.15, 0.2) is 61.3 Å². The van der Waals surface area contributed by atoms with Gasteiger partial charge >= 0.3 is 0 Å². The van der Waals surface area contributed by atoms with Crippen LogP contribution in [-0.4, -0.2) is 72.3 Å². The summed E-state index contributed by atoms with van der Waals surface area (Å²) >= 11 is 0. The molecule has 2 aromatic carbocycles. The number of piperidine rings is 1. The highest BCUT2D eigenvalue weighted by Gasteiger charge is 2.28. The van der Waals surface area contributed by atoms with Gasteiger partial charge in [-0.1, -0.05) is 18.7 Å². The fraction of sp³-hybridized carbons (Fsp3) is 0.412. The fourth-order valence-corrected chi connectivity index (χ4v) is 5.84. The predicted octanol–water partition coefficient (Wildman–Crippen LogP) is 5.83. The van der Waals surface area contributed by atoms with Crippen molar-refractivity contribution in [2.45, 2.75) is 57.7 Å². The van der Waals surface area contributed by atoms with Gasteiger partial charge in [-0.3, -0.25) is 4.79 Å². The molecule has 0 radical (unpaired) electrons. The van der Waals surface area contributed by atoms with E-state index in [9.17, 15) is 10.1 Å². The molecule has 0 saturated carbocycles. The van der Waals surface area contributed by atoms with Gasteiger partial charge in [0.1, 0.15) is 17.4 Å². The van der Waals surface area contributed by atoms with E-state index in [0.717, 1.165) is 57.7 Å². The van der Waals surface area contributed by atoms with Crippen molar-refractivity contribution in [2.24, 2.45) is 0 Å². The molecule has 0 atom stereocenters. The molecule has 3 heterocycles. The average molecular weight is 611 g/mol. The molecule has 2 aliphatic rings. The average Bonchev–Trinajstić information content (AvgIpc) is 3.06. The van der Waals surface area contributed by atoms with Crippen molar-refractivity contribution in [3.63, 3.8) is 0 Å². The summed E-state index contributed by atoms with van der Waals surface area (Å²) in [5.41, 5.74) is 3.18. The highest BCUT2D eigenvalue weighted by Crippen LogP contribution is 2.33. The maximum atomic E-state index is 12.4. The van der Waals surface area contributed by atoms with Crippen LogP contribution in [0.25, 0.3) is 0 Å². The second-order valence-electron chi connectivity index (χ2n) is 11.6. The zero-order chi connectivity index (χ0) is 31.8. The van der Waals surface area contributed by atoms with Crippen molar-refractivity contribution in [3.8, 4) is 11.8 Å². The summed E-state index contributed by atoms with van der Waals surface area (Å²) in [5, 5.41) is 19.1. The van der Waals surface area contributed by atoms with Crippen molar-refractivity contribution < 1.29 is 14.3 Å². The fourth-order valence-electron chi connectivity index (χ4n) is 5.84. The third-order valence-electron chi connectivity index (χ3n) is 8.28. The number of para-hydroxylation sites is 2. The number of hydrogen-bond acceptors (Lipinski definition) is 10. The lowest BCUT2D eigenvalue weighted by molar-refractivity contribution is -0.111. The van der Waals surface area contributed by atoms with Gasteiger partial charge in [0.2, 0.25) is 11.9 Å². The van der Waals surface area contributed by atoms with E-state index in [2.05, 4.69) is 55.4 Å². The molecule has 0 unspecified atom stereocenters. The number of nitriles is 1. The van der Waals surface area contributed by atoms with Crippen LogP contribution >= 0.6 is 0 Å². The Kier molecular flexibility index (Phi) is 10.5. The number of nitrogens with one attached hydrogen (secondary N) is 3. The monoisotopic (exact) mass is 610 g/mol. The van der Waals surface area contributed by atoms with Gasteiger partial charge in [-0.15, -0.1) is 0 Å². The molecule has 1 amide bonds. The largest absolute Gasteiger partial charge is 0.489 e. The Hall–Kier alpha value is -4.66. The summed E-state index contributed by atoms with van der Waals surface area (Å²) in [4.78, 5) is 26.3. The molecule has 11 heteroatoms. The van der Waals surface area contributed by atoms with Crippen LogP contribution in [0.5, 0.6) is 5.75 Å². The summed E-state index contributed by atoms with van der Waals surface area (Å²) in [6, 6.07) is 16.7. The normalized spacial score (nSPS) is 15.9. The maximum absolute atomic E-state index is 12.4.